The van der Waals surface area contributed by atoms with Crippen molar-refractivity contribution in [2.75, 3.05) is 32.6 Å². The van der Waals surface area contributed by atoms with E-state index >= 15 is 0 Å². The quantitative estimate of drug-likeness (QED) is 0.721. The summed E-state index contributed by atoms with van der Waals surface area (Å²) in [6.45, 7) is 0.931. The Kier molecular flexibility index (Phi) is 2.61. The second-order valence-electron chi connectivity index (χ2n) is 4.03. The van der Waals surface area contributed by atoms with Gasteiger partial charge in [-0.1, -0.05) is 11.6 Å². The van der Waals surface area contributed by atoms with Gasteiger partial charge in [0.1, 0.15) is 0 Å². The van der Waals surface area contributed by atoms with Crippen molar-refractivity contribution in [2.45, 2.75) is 0 Å². The topological polar surface area (TPSA) is 6.48 Å². The molecule has 0 aromatic heterocycles. The molecule has 0 saturated heterocycles. The van der Waals surface area contributed by atoms with Gasteiger partial charge in [-0.3, -0.25) is 0 Å². The predicted octanol–water partition coefficient (Wildman–Crippen LogP) is 2.69. The van der Waals surface area contributed by atoms with Gasteiger partial charge in [0.2, 0.25) is 0 Å². The zero-order valence-corrected chi connectivity index (χ0v) is 10.0. The van der Waals surface area contributed by atoms with Crippen molar-refractivity contribution in [2.24, 2.45) is 0 Å². The summed E-state index contributed by atoms with van der Waals surface area (Å²) in [4.78, 5) is 4.34. The molecule has 2 nitrogen and oxygen atoms in total. The Labute approximate surface area is 95.7 Å². The van der Waals surface area contributed by atoms with Gasteiger partial charge in [0, 0.05) is 49.7 Å². The molecule has 3 heteroatoms. The highest BCUT2D eigenvalue weighted by atomic mass is 35.5. The fourth-order valence-electron chi connectivity index (χ4n) is 1.89. The molecular weight excluding hydrogens is 208 g/mol. The van der Waals surface area contributed by atoms with Crippen LogP contribution in [0.25, 0.3) is 5.70 Å². The SMILES string of the molecule is CN(C)C1=CCN(C)c2cc(Cl)ccc21. The molecule has 80 valence electrons. The summed E-state index contributed by atoms with van der Waals surface area (Å²) in [5.74, 6) is 0. The summed E-state index contributed by atoms with van der Waals surface area (Å²) in [6.07, 6.45) is 2.23. The van der Waals surface area contributed by atoms with Crippen LogP contribution < -0.4 is 4.90 Å². The number of benzene rings is 1. The van der Waals surface area contributed by atoms with E-state index in [9.17, 15) is 0 Å². The summed E-state index contributed by atoms with van der Waals surface area (Å²) in [7, 11) is 6.21. The third-order valence-corrected chi connectivity index (χ3v) is 2.92. The molecule has 1 aliphatic rings. The van der Waals surface area contributed by atoms with Gasteiger partial charge in [0.05, 0.1) is 0 Å². The van der Waals surface area contributed by atoms with E-state index in [-0.39, 0.29) is 0 Å². The standard InChI is InChI=1S/C12H15ClN2/c1-14(2)11-6-7-15(3)12-8-9(13)4-5-10(11)12/h4-6,8H,7H2,1-3H3. The molecule has 2 rings (SSSR count). The van der Waals surface area contributed by atoms with Gasteiger partial charge < -0.3 is 9.80 Å². The van der Waals surface area contributed by atoms with Crippen LogP contribution in [0.5, 0.6) is 0 Å². The maximum absolute atomic E-state index is 6.01. The van der Waals surface area contributed by atoms with Crippen molar-refractivity contribution in [1.29, 1.82) is 0 Å². The van der Waals surface area contributed by atoms with E-state index in [1.807, 2.05) is 12.1 Å². The van der Waals surface area contributed by atoms with Crippen LogP contribution in [0.1, 0.15) is 5.56 Å². The maximum atomic E-state index is 6.01. The Hall–Kier alpha value is -1.15. The first kappa shape index (κ1) is 10.4. The average Bonchev–Trinajstić information content (AvgIpc) is 2.19. The van der Waals surface area contributed by atoms with Crippen molar-refractivity contribution in [3.8, 4) is 0 Å². The van der Waals surface area contributed by atoms with E-state index in [1.54, 1.807) is 0 Å². The minimum atomic E-state index is 0.792. The Morgan fingerprint density at radius 1 is 1.33 bits per heavy atom. The molecule has 0 radical (unpaired) electrons. The van der Waals surface area contributed by atoms with Crippen molar-refractivity contribution in [1.82, 2.24) is 4.90 Å². The molecule has 0 N–H and O–H groups in total. The van der Waals surface area contributed by atoms with Gasteiger partial charge in [-0.25, -0.2) is 0 Å². The lowest BCUT2D eigenvalue weighted by Crippen LogP contribution is -2.25. The summed E-state index contributed by atoms with van der Waals surface area (Å²) in [5.41, 5.74) is 3.71. The van der Waals surface area contributed by atoms with Gasteiger partial charge in [-0.05, 0) is 24.3 Å². The second-order valence-corrected chi connectivity index (χ2v) is 4.46. The smallest absolute Gasteiger partial charge is 0.0475 e. The van der Waals surface area contributed by atoms with E-state index in [0.717, 1.165) is 11.6 Å². The van der Waals surface area contributed by atoms with Gasteiger partial charge >= 0.3 is 0 Å². The Bertz CT molecular complexity index is 410. The highest BCUT2D eigenvalue weighted by Crippen LogP contribution is 2.33. The first-order chi connectivity index (χ1) is 7.09. The van der Waals surface area contributed by atoms with Crippen LogP contribution >= 0.6 is 11.6 Å². The van der Waals surface area contributed by atoms with E-state index in [1.165, 1.54) is 16.9 Å². The first-order valence-corrected chi connectivity index (χ1v) is 5.36. The van der Waals surface area contributed by atoms with Gasteiger partial charge in [0.15, 0.2) is 0 Å². The minimum Gasteiger partial charge on any atom is -0.377 e. The fourth-order valence-corrected chi connectivity index (χ4v) is 2.06. The van der Waals surface area contributed by atoms with Crippen LogP contribution in [0.15, 0.2) is 24.3 Å². The highest BCUT2D eigenvalue weighted by Gasteiger charge is 2.17. The Balaban J connectivity index is 2.54. The lowest BCUT2D eigenvalue weighted by molar-refractivity contribution is 0.588. The molecule has 0 saturated carbocycles. The average molecular weight is 223 g/mol. The largest absolute Gasteiger partial charge is 0.377 e. The third-order valence-electron chi connectivity index (χ3n) is 2.69. The van der Waals surface area contributed by atoms with Crippen molar-refractivity contribution in [3.05, 3.63) is 34.9 Å². The van der Waals surface area contributed by atoms with Crippen molar-refractivity contribution in [3.63, 3.8) is 0 Å². The zero-order valence-electron chi connectivity index (χ0n) is 9.29. The maximum Gasteiger partial charge on any atom is 0.0475 e. The molecule has 15 heavy (non-hydrogen) atoms. The molecule has 0 atom stereocenters. The molecular formula is C12H15ClN2. The Morgan fingerprint density at radius 3 is 2.73 bits per heavy atom. The van der Waals surface area contributed by atoms with Crippen LogP contribution in [0.3, 0.4) is 0 Å². The normalized spacial score (nSPS) is 14.7. The Morgan fingerprint density at radius 2 is 2.07 bits per heavy atom. The summed E-state index contributed by atoms with van der Waals surface area (Å²) >= 11 is 6.01. The second kappa shape index (κ2) is 3.78. The molecule has 1 heterocycles. The van der Waals surface area contributed by atoms with Gasteiger partial charge in [-0.15, -0.1) is 0 Å². The lowest BCUT2D eigenvalue weighted by Gasteiger charge is -2.30. The number of nitrogens with zero attached hydrogens (tertiary/aromatic N) is 2. The number of anilines is 1. The molecule has 0 amide bonds. The lowest BCUT2D eigenvalue weighted by atomic mass is 10.0. The number of rotatable bonds is 1. The summed E-state index contributed by atoms with van der Waals surface area (Å²) < 4.78 is 0. The summed E-state index contributed by atoms with van der Waals surface area (Å²) in [5, 5.41) is 0.792. The van der Waals surface area contributed by atoms with E-state index in [0.29, 0.717) is 0 Å². The van der Waals surface area contributed by atoms with E-state index < -0.39 is 0 Å². The van der Waals surface area contributed by atoms with E-state index in [2.05, 4.69) is 43.1 Å². The molecule has 1 aromatic carbocycles. The molecule has 0 aliphatic carbocycles. The van der Waals surface area contributed by atoms with Crippen LogP contribution in [0, 0.1) is 0 Å². The van der Waals surface area contributed by atoms with E-state index in [4.69, 9.17) is 11.6 Å². The van der Waals surface area contributed by atoms with Crippen molar-refractivity contribution < 1.29 is 0 Å². The van der Waals surface area contributed by atoms with Crippen LogP contribution in [0.2, 0.25) is 5.02 Å². The summed E-state index contributed by atoms with van der Waals surface area (Å²) in [6, 6.07) is 6.05. The van der Waals surface area contributed by atoms with Gasteiger partial charge in [-0.2, -0.15) is 0 Å². The van der Waals surface area contributed by atoms with Crippen LogP contribution in [-0.2, 0) is 0 Å². The number of hydrogen-bond acceptors (Lipinski definition) is 2. The molecule has 1 aliphatic heterocycles. The number of fused-ring (bicyclic) bond motifs is 1. The molecule has 0 fully saturated rings. The minimum absolute atomic E-state index is 0.792. The fraction of sp³-hybridized carbons (Fsp3) is 0.333. The monoisotopic (exact) mass is 222 g/mol. The molecule has 0 bridgehead atoms. The number of likely N-dealkylation sites (N-methyl/N-ethyl adjacent to an activating group) is 1. The number of halogens is 1. The molecule has 0 spiro atoms. The molecule has 1 aromatic rings. The van der Waals surface area contributed by atoms with Crippen LogP contribution in [-0.4, -0.2) is 32.6 Å². The predicted molar refractivity (Wildman–Crippen MR) is 66.4 cm³/mol. The first-order valence-electron chi connectivity index (χ1n) is 4.98. The van der Waals surface area contributed by atoms with Crippen molar-refractivity contribution >= 4 is 23.0 Å². The highest BCUT2D eigenvalue weighted by molar-refractivity contribution is 6.31. The van der Waals surface area contributed by atoms with Crippen LogP contribution in [0.4, 0.5) is 5.69 Å². The molecule has 0 unspecified atom stereocenters. The van der Waals surface area contributed by atoms with Gasteiger partial charge in [0.25, 0.3) is 0 Å². The number of hydrogen-bond donors (Lipinski definition) is 0. The zero-order chi connectivity index (χ0) is 11.0. The third kappa shape index (κ3) is 1.82.